The van der Waals surface area contributed by atoms with Crippen molar-refractivity contribution in [3.05, 3.63) is 109 Å². The van der Waals surface area contributed by atoms with Crippen molar-refractivity contribution in [2.75, 3.05) is 6.61 Å². The molecule has 3 heterocycles. The maximum absolute atomic E-state index is 13.8. The second kappa shape index (κ2) is 8.72. The Labute approximate surface area is 199 Å². The molecule has 0 aliphatic heterocycles. The molecule has 2 aromatic carbocycles. The van der Waals surface area contributed by atoms with Gasteiger partial charge in [-0.3, -0.25) is 9.36 Å². The van der Waals surface area contributed by atoms with E-state index in [0.717, 1.165) is 4.57 Å². The lowest BCUT2D eigenvalue weighted by molar-refractivity contribution is 0.340. The van der Waals surface area contributed by atoms with Gasteiger partial charge in [-0.15, -0.1) is 0 Å². The minimum atomic E-state index is -0.567. The van der Waals surface area contributed by atoms with Crippen LogP contribution in [0.25, 0.3) is 27.7 Å². The van der Waals surface area contributed by atoms with Gasteiger partial charge in [0.1, 0.15) is 11.3 Å². The molecule has 3 aromatic heterocycles. The number of hydrogen-bond donors (Lipinski definition) is 0. The van der Waals surface area contributed by atoms with E-state index in [2.05, 4.69) is 4.98 Å². The third-order valence-corrected chi connectivity index (χ3v) is 5.87. The van der Waals surface area contributed by atoms with Crippen LogP contribution in [0.15, 0.2) is 79.5 Å². The van der Waals surface area contributed by atoms with Gasteiger partial charge in [-0.25, -0.2) is 19.1 Å². The Morgan fingerprint density at radius 3 is 2.49 bits per heavy atom. The van der Waals surface area contributed by atoms with Crippen molar-refractivity contribution in [3.63, 3.8) is 0 Å². The number of aryl methyl sites for hydroxylation is 2. The van der Waals surface area contributed by atoms with E-state index in [1.54, 1.807) is 30.3 Å². The van der Waals surface area contributed by atoms with Gasteiger partial charge in [0.15, 0.2) is 5.65 Å². The van der Waals surface area contributed by atoms with E-state index >= 15 is 0 Å². The normalized spacial score (nSPS) is 11.3. The maximum atomic E-state index is 13.8. The van der Waals surface area contributed by atoms with Crippen molar-refractivity contribution in [2.45, 2.75) is 27.3 Å². The van der Waals surface area contributed by atoms with Gasteiger partial charge in [0, 0.05) is 17.1 Å². The summed E-state index contributed by atoms with van der Waals surface area (Å²) in [5.41, 5.74) is 1.55. The predicted molar refractivity (Wildman–Crippen MR) is 134 cm³/mol. The Balaban J connectivity index is 1.83. The van der Waals surface area contributed by atoms with Gasteiger partial charge >= 0.3 is 11.3 Å². The Bertz CT molecular complexity index is 1760. The quantitative estimate of drug-likeness (QED) is 0.364. The van der Waals surface area contributed by atoms with Crippen LogP contribution in [0.5, 0.6) is 5.75 Å². The number of nitrogens with zero attached hydrogens (tertiary/aromatic N) is 3. The predicted octanol–water partition coefficient (Wildman–Crippen LogP) is 3.72. The molecule has 0 N–H and O–H groups in total. The summed E-state index contributed by atoms with van der Waals surface area (Å²) < 4.78 is 13.5. The van der Waals surface area contributed by atoms with E-state index < -0.39 is 16.9 Å². The molecule has 0 bridgehead atoms. The monoisotopic (exact) mass is 469 g/mol. The summed E-state index contributed by atoms with van der Waals surface area (Å²) in [6.07, 6.45) is 0. The Hall–Kier alpha value is -4.46. The van der Waals surface area contributed by atoms with Crippen LogP contribution in [0.3, 0.4) is 0 Å². The molecule has 0 atom stereocenters. The highest BCUT2D eigenvalue weighted by atomic mass is 16.5. The number of rotatable bonds is 5. The fourth-order valence-electron chi connectivity index (χ4n) is 4.39. The van der Waals surface area contributed by atoms with Gasteiger partial charge in [-0.1, -0.05) is 18.2 Å². The van der Waals surface area contributed by atoms with Crippen molar-refractivity contribution >= 4 is 22.0 Å². The number of aromatic nitrogens is 3. The molecule has 0 saturated heterocycles. The summed E-state index contributed by atoms with van der Waals surface area (Å²) in [6.45, 7) is 5.86. The zero-order valence-corrected chi connectivity index (χ0v) is 19.6. The third kappa shape index (κ3) is 3.93. The molecule has 5 rings (SSSR count). The van der Waals surface area contributed by atoms with Gasteiger partial charge < -0.3 is 9.15 Å². The van der Waals surface area contributed by atoms with Crippen LogP contribution in [-0.4, -0.2) is 20.7 Å². The van der Waals surface area contributed by atoms with E-state index in [0.29, 0.717) is 56.9 Å². The summed E-state index contributed by atoms with van der Waals surface area (Å²) in [5.74, 6) is 0.596. The number of ether oxygens (including phenoxy) is 1. The average molecular weight is 469 g/mol. The smallest absolute Gasteiger partial charge is 0.337 e. The first kappa shape index (κ1) is 22.3. The Morgan fingerprint density at radius 1 is 0.971 bits per heavy atom. The highest BCUT2D eigenvalue weighted by molar-refractivity contribution is 5.82. The zero-order chi connectivity index (χ0) is 24.7. The number of hydrogen-bond acceptors (Lipinski definition) is 6. The summed E-state index contributed by atoms with van der Waals surface area (Å²) in [6, 6.07) is 17.3. The van der Waals surface area contributed by atoms with E-state index in [4.69, 9.17) is 9.15 Å². The molecule has 0 unspecified atom stereocenters. The number of benzene rings is 2. The molecule has 0 radical (unpaired) electrons. The molecular formula is C27H23N3O5. The Kier molecular flexibility index (Phi) is 5.56. The highest BCUT2D eigenvalue weighted by Crippen LogP contribution is 2.24. The molecule has 35 heavy (non-hydrogen) atoms. The van der Waals surface area contributed by atoms with Crippen molar-refractivity contribution < 1.29 is 9.15 Å². The summed E-state index contributed by atoms with van der Waals surface area (Å²) in [7, 11) is 0. The van der Waals surface area contributed by atoms with Crippen LogP contribution < -0.4 is 21.6 Å². The van der Waals surface area contributed by atoms with Crippen LogP contribution >= 0.6 is 0 Å². The molecule has 8 nitrogen and oxygen atoms in total. The number of pyridine rings is 1. The summed E-state index contributed by atoms with van der Waals surface area (Å²) in [5, 5.41) is 0.938. The van der Waals surface area contributed by atoms with Crippen LogP contribution in [-0.2, 0) is 6.54 Å². The van der Waals surface area contributed by atoms with Crippen molar-refractivity contribution in [1.82, 2.24) is 14.1 Å². The summed E-state index contributed by atoms with van der Waals surface area (Å²) in [4.78, 5) is 44.3. The topological polar surface area (TPSA) is 96.3 Å². The lowest BCUT2D eigenvalue weighted by Crippen LogP contribution is -2.40. The standard InChI is InChI=1S/C27H23N3O5/c1-4-34-20-10-11-22-21(14-20)18(13-23(31)35-22)15-29-26(32)24-16(2)12-17(3)28-25(24)30(27(29)33)19-8-6-5-7-9-19/h5-14H,4,15H2,1-3H3. The molecule has 5 aromatic rings. The van der Waals surface area contributed by atoms with Crippen LogP contribution in [0.4, 0.5) is 0 Å². The van der Waals surface area contributed by atoms with Crippen molar-refractivity contribution in [2.24, 2.45) is 0 Å². The number of para-hydroxylation sites is 1. The van der Waals surface area contributed by atoms with Gasteiger partial charge in [0.2, 0.25) is 0 Å². The average Bonchev–Trinajstić information content (AvgIpc) is 2.82. The Morgan fingerprint density at radius 2 is 1.74 bits per heavy atom. The second-order valence-corrected chi connectivity index (χ2v) is 8.31. The molecule has 0 spiro atoms. The first-order chi connectivity index (χ1) is 16.9. The lowest BCUT2D eigenvalue weighted by atomic mass is 10.1. The first-order valence-corrected chi connectivity index (χ1v) is 11.3. The van der Waals surface area contributed by atoms with Crippen molar-refractivity contribution in [1.29, 1.82) is 0 Å². The van der Waals surface area contributed by atoms with Crippen LogP contribution in [0, 0.1) is 13.8 Å². The summed E-state index contributed by atoms with van der Waals surface area (Å²) >= 11 is 0. The first-order valence-electron chi connectivity index (χ1n) is 11.3. The highest BCUT2D eigenvalue weighted by Gasteiger charge is 2.19. The molecule has 0 saturated carbocycles. The molecule has 0 fully saturated rings. The number of fused-ring (bicyclic) bond motifs is 2. The molecule has 8 heteroatoms. The zero-order valence-electron chi connectivity index (χ0n) is 19.6. The molecule has 176 valence electrons. The molecule has 0 aliphatic rings. The van der Waals surface area contributed by atoms with Gasteiger partial charge in [0.05, 0.1) is 24.2 Å². The van der Waals surface area contributed by atoms with Gasteiger partial charge in [-0.2, -0.15) is 0 Å². The van der Waals surface area contributed by atoms with Crippen molar-refractivity contribution in [3.8, 4) is 11.4 Å². The molecule has 0 amide bonds. The van der Waals surface area contributed by atoms with Crippen LogP contribution in [0.1, 0.15) is 23.7 Å². The SMILES string of the molecule is CCOc1ccc2oc(=O)cc(Cn3c(=O)c4c(C)cc(C)nc4n(-c4ccccc4)c3=O)c2c1. The van der Waals surface area contributed by atoms with E-state index in [1.807, 2.05) is 45.0 Å². The minimum Gasteiger partial charge on any atom is -0.494 e. The fraction of sp³-hybridized carbons (Fsp3) is 0.185. The van der Waals surface area contributed by atoms with E-state index in [1.165, 1.54) is 10.6 Å². The van der Waals surface area contributed by atoms with Gasteiger partial charge in [0.25, 0.3) is 5.56 Å². The van der Waals surface area contributed by atoms with E-state index in [9.17, 15) is 14.4 Å². The largest absolute Gasteiger partial charge is 0.494 e. The maximum Gasteiger partial charge on any atom is 0.337 e. The van der Waals surface area contributed by atoms with Gasteiger partial charge in [-0.05, 0) is 68.3 Å². The second-order valence-electron chi connectivity index (χ2n) is 8.31. The lowest BCUT2D eigenvalue weighted by Gasteiger charge is -2.16. The molecular weight excluding hydrogens is 446 g/mol. The molecule has 0 aliphatic carbocycles. The minimum absolute atomic E-state index is 0.120. The van der Waals surface area contributed by atoms with Crippen LogP contribution in [0.2, 0.25) is 0 Å². The third-order valence-electron chi connectivity index (χ3n) is 5.87. The van der Waals surface area contributed by atoms with E-state index in [-0.39, 0.29) is 6.54 Å². The fourth-order valence-corrected chi connectivity index (χ4v) is 4.39.